The molecule has 0 bridgehead atoms. The van der Waals surface area contributed by atoms with E-state index in [4.69, 9.17) is 5.73 Å². The molecule has 1 fully saturated rings. The Morgan fingerprint density at radius 2 is 1.70 bits per heavy atom. The number of urea groups is 1. The van der Waals surface area contributed by atoms with Gasteiger partial charge in [-0.25, -0.2) is 9.18 Å². The van der Waals surface area contributed by atoms with Crippen LogP contribution < -0.4 is 10.6 Å². The van der Waals surface area contributed by atoms with Crippen molar-refractivity contribution in [1.29, 1.82) is 0 Å². The number of benzene rings is 2. The molecule has 0 atom stereocenters. The molecule has 7 nitrogen and oxygen atoms in total. The highest BCUT2D eigenvalue weighted by Crippen LogP contribution is 2.29. The first kappa shape index (κ1) is 24.2. The third-order valence-electron chi connectivity index (χ3n) is 6.33. The van der Waals surface area contributed by atoms with Gasteiger partial charge in [0, 0.05) is 51.4 Å². The van der Waals surface area contributed by atoms with E-state index in [0.717, 1.165) is 24.0 Å². The topological polar surface area (TPSA) is 87.0 Å². The van der Waals surface area contributed by atoms with Gasteiger partial charge in [0.15, 0.2) is 0 Å². The number of carbonyl (C=O) groups is 3. The van der Waals surface area contributed by atoms with Gasteiger partial charge in [-0.3, -0.25) is 14.5 Å². The number of rotatable bonds is 6. The molecule has 8 heteroatoms. The van der Waals surface area contributed by atoms with Crippen molar-refractivity contribution in [1.82, 2.24) is 9.80 Å². The average molecular weight is 455 g/mol. The van der Waals surface area contributed by atoms with Crippen molar-refractivity contribution in [2.45, 2.75) is 32.6 Å². The number of anilines is 1. The number of nitrogens with two attached hydrogens (primary N) is 1. The fourth-order valence-corrected chi connectivity index (χ4v) is 4.12. The second-order valence-corrected chi connectivity index (χ2v) is 8.55. The number of nitrogens with zero attached hydrogens (tertiary/aromatic N) is 3. The van der Waals surface area contributed by atoms with E-state index in [1.165, 1.54) is 28.9 Å². The zero-order valence-corrected chi connectivity index (χ0v) is 19.4. The number of aryl methyl sites for hydroxylation is 1. The Morgan fingerprint density at radius 3 is 2.27 bits per heavy atom. The Balaban J connectivity index is 1.71. The molecule has 2 aromatic rings. The lowest BCUT2D eigenvalue weighted by atomic mass is 9.89. The van der Waals surface area contributed by atoms with Crippen molar-refractivity contribution < 1.29 is 18.8 Å². The van der Waals surface area contributed by atoms with Gasteiger partial charge in [0.2, 0.25) is 5.91 Å². The van der Waals surface area contributed by atoms with Crippen LogP contribution in [0.1, 0.15) is 47.2 Å². The molecular formula is C25H31FN4O3. The Hall–Kier alpha value is -3.42. The van der Waals surface area contributed by atoms with E-state index < -0.39 is 6.03 Å². The number of piperidine rings is 1. The minimum absolute atomic E-state index is 0.0981. The summed E-state index contributed by atoms with van der Waals surface area (Å²) in [6, 6.07) is 11.2. The third kappa shape index (κ3) is 5.88. The highest BCUT2D eigenvalue weighted by molar-refractivity contribution is 5.98. The van der Waals surface area contributed by atoms with E-state index in [1.54, 1.807) is 25.2 Å². The summed E-state index contributed by atoms with van der Waals surface area (Å²) < 4.78 is 13.2. The lowest BCUT2D eigenvalue weighted by Crippen LogP contribution is -2.42. The van der Waals surface area contributed by atoms with Crippen molar-refractivity contribution >= 4 is 23.5 Å². The van der Waals surface area contributed by atoms with E-state index in [9.17, 15) is 18.8 Å². The second kappa shape index (κ2) is 10.5. The molecule has 2 aromatic carbocycles. The monoisotopic (exact) mass is 454 g/mol. The maximum atomic E-state index is 13.2. The van der Waals surface area contributed by atoms with Crippen LogP contribution >= 0.6 is 0 Å². The Bertz CT molecular complexity index is 1020. The van der Waals surface area contributed by atoms with Crippen molar-refractivity contribution in [3.63, 3.8) is 0 Å². The van der Waals surface area contributed by atoms with Crippen molar-refractivity contribution in [3.8, 4) is 0 Å². The summed E-state index contributed by atoms with van der Waals surface area (Å²) in [6.45, 7) is 5.07. The van der Waals surface area contributed by atoms with Crippen molar-refractivity contribution in [2.75, 3.05) is 38.1 Å². The number of amides is 4. The van der Waals surface area contributed by atoms with Crippen molar-refractivity contribution in [3.05, 3.63) is 65.0 Å². The maximum absolute atomic E-state index is 13.2. The van der Waals surface area contributed by atoms with E-state index in [-0.39, 0.29) is 24.2 Å². The van der Waals surface area contributed by atoms with Gasteiger partial charge in [-0.1, -0.05) is 18.2 Å². The van der Waals surface area contributed by atoms with Gasteiger partial charge in [0.1, 0.15) is 5.82 Å². The van der Waals surface area contributed by atoms with E-state index in [2.05, 4.69) is 0 Å². The van der Waals surface area contributed by atoms with Crippen LogP contribution in [-0.2, 0) is 4.79 Å². The predicted octanol–water partition coefficient (Wildman–Crippen LogP) is 3.52. The highest BCUT2D eigenvalue weighted by atomic mass is 19.1. The SMILES string of the molecule is CC(=O)N(C)CCN(C(N)=O)c1cc(C(=O)N2CCC(c3ccc(F)cc3)CC2)ccc1C. The van der Waals surface area contributed by atoms with E-state index in [1.807, 2.05) is 24.0 Å². The Labute approximate surface area is 193 Å². The molecule has 4 amide bonds. The van der Waals surface area contributed by atoms with Gasteiger partial charge in [-0.15, -0.1) is 0 Å². The molecule has 33 heavy (non-hydrogen) atoms. The number of likely N-dealkylation sites (tertiary alicyclic amines) is 1. The summed E-state index contributed by atoms with van der Waals surface area (Å²) in [4.78, 5) is 41.5. The standard InChI is InChI=1S/C25H31FN4O3/c1-17-4-5-21(16-23(17)30(25(27)33)15-14-28(3)18(2)31)24(32)29-12-10-20(11-13-29)19-6-8-22(26)9-7-19/h4-9,16,20H,10-15H2,1-3H3,(H2,27,33). The average Bonchev–Trinajstić information content (AvgIpc) is 2.80. The molecule has 1 aliphatic heterocycles. The highest BCUT2D eigenvalue weighted by Gasteiger charge is 2.26. The normalized spacial score (nSPS) is 14.1. The smallest absolute Gasteiger partial charge is 0.319 e. The minimum Gasteiger partial charge on any atom is -0.351 e. The fourth-order valence-electron chi connectivity index (χ4n) is 4.12. The quantitative estimate of drug-likeness (QED) is 0.725. The summed E-state index contributed by atoms with van der Waals surface area (Å²) in [5.74, 6) is -0.158. The summed E-state index contributed by atoms with van der Waals surface area (Å²) in [6.07, 6.45) is 1.61. The molecule has 176 valence electrons. The van der Waals surface area contributed by atoms with Crippen LogP contribution in [0, 0.1) is 12.7 Å². The molecule has 3 rings (SSSR count). The maximum Gasteiger partial charge on any atom is 0.319 e. The number of hydrogen-bond acceptors (Lipinski definition) is 3. The molecule has 2 N–H and O–H groups in total. The third-order valence-corrected chi connectivity index (χ3v) is 6.33. The number of carbonyl (C=O) groups excluding carboxylic acids is 3. The molecule has 0 aromatic heterocycles. The molecular weight excluding hydrogens is 423 g/mol. The van der Waals surface area contributed by atoms with Gasteiger partial charge in [0.05, 0.1) is 0 Å². The second-order valence-electron chi connectivity index (χ2n) is 8.55. The van der Waals surface area contributed by atoms with Crippen LogP contribution in [-0.4, -0.2) is 60.9 Å². The predicted molar refractivity (Wildman–Crippen MR) is 126 cm³/mol. The minimum atomic E-state index is -0.639. The summed E-state index contributed by atoms with van der Waals surface area (Å²) in [5.41, 5.74) is 8.57. The van der Waals surface area contributed by atoms with Crippen LogP contribution in [0.25, 0.3) is 0 Å². The summed E-state index contributed by atoms with van der Waals surface area (Å²) in [7, 11) is 1.66. The zero-order chi connectivity index (χ0) is 24.1. The Morgan fingerprint density at radius 1 is 1.06 bits per heavy atom. The zero-order valence-electron chi connectivity index (χ0n) is 19.4. The van der Waals surface area contributed by atoms with Crippen LogP contribution in [0.5, 0.6) is 0 Å². The molecule has 0 saturated carbocycles. The number of halogens is 1. The lowest BCUT2D eigenvalue weighted by molar-refractivity contribution is -0.127. The van der Waals surface area contributed by atoms with Gasteiger partial charge < -0.3 is 15.5 Å². The molecule has 1 heterocycles. The van der Waals surface area contributed by atoms with Crippen LogP contribution in [0.15, 0.2) is 42.5 Å². The number of likely N-dealkylation sites (N-methyl/N-ethyl adjacent to an activating group) is 1. The van der Waals surface area contributed by atoms with Gasteiger partial charge in [-0.05, 0) is 61.1 Å². The fraction of sp³-hybridized carbons (Fsp3) is 0.400. The number of primary amides is 1. The largest absolute Gasteiger partial charge is 0.351 e. The van der Waals surface area contributed by atoms with E-state index >= 15 is 0 Å². The first-order valence-electron chi connectivity index (χ1n) is 11.1. The van der Waals surface area contributed by atoms with Gasteiger partial charge in [-0.2, -0.15) is 0 Å². The van der Waals surface area contributed by atoms with Crippen LogP contribution in [0.2, 0.25) is 0 Å². The summed E-state index contributed by atoms with van der Waals surface area (Å²) >= 11 is 0. The van der Waals surface area contributed by atoms with Gasteiger partial charge >= 0.3 is 6.03 Å². The van der Waals surface area contributed by atoms with Crippen LogP contribution in [0.4, 0.5) is 14.9 Å². The first-order valence-corrected chi connectivity index (χ1v) is 11.1. The molecule has 0 radical (unpaired) electrons. The Kier molecular flexibility index (Phi) is 7.68. The van der Waals surface area contributed by atoms with Crippen LogP contribution in [0.3, 0.4) is 0 Å². The number of hydrogen-bond donors (Lipinski definition) is 1. The van der Waals surface area contributed by atoms with E-state index in [0.29, 0.717) is 36.8 Å². The molecule has 0 aliphatic carbocycles. The molecule has 1 saturated heterocycles. The summed E-state index contributed by atoms with van der Waals surface area (Å²) in [5, 5.41) is 0. The van der Waals surface area contributed by atoms with Gasteiger partial charge in [0.25, 0.3) is 5.91 Å². The first-order chi connectivity index (χ1) is 15.7. The molecule has 0 unspecified atom stereocenters. The molecule has 0 spiro atoms. The van der Waals surface area contributed by atoms with Crippen molar-refractivity contribution in [2.24, 2.45) is 5.73 Å². The lowest BCUT2D eigenvalue weighted by Gasteiger charge is -2.32. The molecule has 1 aliphatic rings.